The van der Waals surface area contributed by atoms with Crippen molar-refractivity contribution >= 4 is 34.1 Å². The molecule has 3 aromatic rings. The molecule has 7 heteroatoms. The first kappa shape index (κ1) is 13.1. The number of H-pyrrole nitrogens is 1. The van der Waals surface area contributed by atoms with Crippen molar-refractivity contribution in [1.29, 1.82) is 5.26 Å². The van der Waals surface area contributed by atoms with Crippen LogP contribution in [0, 0.1) is 11.3 Å². The summed E-state index contributed by atoms with van der Waals surface area (Å²) < 4.78 is 0. The van der Waals surface area contributed by atoms with Gasteiger partial charge in [-0.05, 0) is 5.39 Å². The van der Waals surface area contributed by atoms with Gasteiger partial charge in [-0.3, -0.25) is 9.89 Å². The molecule has 2 N–H and O–H groups in total. The number of anilines is 1. The van der Waals surface area contributed by atoms with Gasteiger partial charge in [-0.1, -0.05) is 35.9 Å². The molecule has 1 aromatic carbocycles. The number of amides is 1. The molecule has 1 amide bonds. The molecule has 0 bridgehead atoms. The summed E-state index contributed by atoms with van der Waals surface area (Å²) in [7, 11) is 0. The fraction of sp³-hybridized carbons (Fsp3) is 0. The topological polar surface area (TPSA) is 94.5 Å². The van der Waals surface area contributed by atoms with Crippen LogP contribution >= 0.6 is 11.6 Å². The standard InChI is InChI=1S/C14H8ClN5O/c15-12-10-4-2-1-3-9(10)11(7-17-12)14(21)19-13-8(5-16)6-18-20-13/h1-4,6-7H,(H2,18,19,20,21). The van der Waals surface area contributed by atoms with E-state index in [1.807, 2.05) is 18.2 Å². The summed E-state index contributed by atoms with van der Waals surface area (Å²) in [5.74, 6) is -0.141. The lowest BCUT2D eigenvalue weighted by atomic mass is 10.1. The molecular formula is C14H8ClN5O. The van der Waals surface area contributed by atoms with E-state index in [1.165, 1.54) is 12.4 Å². The van der Waals surface area contributed by atoms with Crippen LogP contribution in [0.4, 0.5) is 5.82 Å². The van der Waals surface area contributed by atoms with E-state index in [9.17, 15) is 4.79 Å². The number of hydrogen-bond donors (Lipinski definition) is 2. The molecule has 0 saturated heterocycles. The van der Waals surface area contributed by atoms with Crippen LogP contribution in [0.5, 0.6) is 0 Å². The maximum atomic E-state index is 12.4. The Morgan fingerprint density at radius 3 is 2.81 bits per heavy atom. The zero-order valence-electron chi connectivity index (χ0n) is 10.6. The maximum Gasteiger partial charge on any atom is 0.259 e. The van der Waals surface area contributed by atoms with Crippen molar-refractivity contribution in [2.24, 2.45) is 0 Å². The van der Waals surface area contributed by atoms with Crippen LogP contribution in [0.3, 0.4) is 0 Å². The van der Waals surface area contributed by atoms with Crippen LogP contribution in [0.2, 0.25) is 5.15 Å². The molecule has 0 fully saturated rings. The second-order valence-electron chi connectivity index (χ2n) is 4.23. The Hall–Kier alpha value is -2.91. The number of pyridine rings is 1. The number of fused-ring (bicyclic) bond motifs is 1. The number of rotatable bonds is 2. The van der Waals surface area contributed by atoms with E-state index >= 15 is 0 Å². The van der Waals surface area contributed by atoms with Crippen molar-refractivity contribution in [3.8, 4) is 6.07 Å². The van der Waals surface area contributed by atoms with Gasteiger partial charge in [-0.25, -0.2) is 4.98 Å². The predicted octanol–water partition coefficient (Wildman–Crippen LogP) is 2.74. The molecule has 102 valence electrons. The molecule has 0 atom stereocenters. The lowest BCUT2D eigenvalue weighted by molar-refractivity contribution is 0.102. The van der Waals surface area contributed by atoms with Crippen LogP contribution in [0.15, 0.2) is 36.7 Å². The number of aromatic amines is 1. The van der Waals surface area contributed by atoms with Gasteiger partial charge in [0.15, 0.2) is 0 Å². The quantitative estimate of drug-likeness (QED) is 0.711. The number of aromatic nitrogens is 3. The fourth-order valence-electron chi connectivity index (χ4n) is 1.99. The zero-order valence-corrected chi connectivity index (χ0v) is 11.3. The lowest BCUT2D eigenvalue weighted by Gasteiger charge is -2.07. The van der Waals surface area contributed by atoms with Crippen LogP contribution in [0.1, 0.15) is 15.9 Å². The van der Waals surface area contributed by atoms with Crippen LogP contribution < -0.4 is 5.32 Å². The highest BCUT2D eigenvalue weighted by molar-refractivity contribution is 6.35. The smallest absolute Gasteiger partial charge is 0.259 e. The number of benzene rings is 1. The van der Waals surface area contributed by atoms with Crippen molar-refractivity contribution < 1.29 is 4.79 Å². The van der Waals surface area contributed by atoms with E-state index in [0.717, 1.165) is 0 Å². The van der Waals surface area contributed by atoms with E-state index in [2.05, 4.69) is 20.5 Å². The summed E-state index contributed by atoms with van der Waals surface area (Å²) in [6, 6.07) is 9.14. The molecule has 0 saturated carbocycles. The van der Waals surface area contributed by atoms with Crippen molar-refractivity contribution in [1.82, 2.24) is 15.2 Å². The molecular weight excluding hydrogens is 290 g/mol. The first-order chi connectivity index (χ1) is 10.2. The van der Waals surface area contributed by atoms with Gasteiger partial charge in [0.2, 0.25) is 0 Å². The van der Waals surface area contributed by atoms with Gasteiger partial charge >= 0.3 is 0 Å². The summed E-state index contributed by atoms with van der Waals surface area (Å²) >= 11 is 6.02. The molecule has 0 aliphatic heterocycles. The van der Waals surface area contributed by atoms with Gasteiger partial charge in [0.25, 0.3) is 5.91 Å². The Kier molecular flexibility index (Phi) is 3.26. The van der Waals surface area contributed by atoms with Gasteiger partial charge < -0.3 is 5.32 Å². The Morgan fingerprint density at radius 1 is 1.29 bits per heavy atom. The molecule has 0 aliphatic rings. The largest absolute Gasteiger partial charge is 0.306 e. The van der Waals surface area contributed by atoms with Crippen molar-refractivity contribution in [2.45, 2.75) is 0 Å². The normalized spacial score (nSPS) is 10.3. The Balaban J connectivity index is 2.03. The zero-order chi connectivity index (χ0) is 14.8. The third-order valence-electron chi connectivity index (χ3n) is 2.99. The van der Waals surface area contributed by atoms with Crippen LogP contribution in [0.25, 0.3) is 10.8 Å². The monoisotopic (exact) mass is 297 g/mol. The Bertz CT molecular complexity index is 880. The number of nitrogens with zero attached hydrogens (tertiary/aromatic N) is 3. The van der Waals surface area contributed by atoms with E-state index < -0.39 is 5.91 Å². The highest BCUT2D eigenvalue weighted by atomic mass is 35.5. The molecule has 2 aromatic heterocycles. The summed E-state index contributed by atoms with van der Waals surface area (Å²) in [4.78, 5) is 16.4. The minimum atomic E-state index is -0.392. The number of carbonyl (C=O) groups is 1. The number of nitrogens with one attached hydrogen (secondary N) is 2. The van der Waals surface area contributed by atoms with Gasteiger partial charge in [0.05, 0.1) is 11.8 Å². The van der Waals surface area contributed by atoms with Gasteiger partial charge in [0, 0.05) is 11.6 Å². The molecule has 2 heterocycles. The average Bonchev–Trinajstić information content (AvgIpc) is 2.95. The van der Waals surface area contributed by atoms with E-state index in [1.54, 1.807) is 12.1 Å². The number of halogens is 1. The highest BCUT2D eigenvalue weighted by Crippen LogP contribution is 2.24. The van der Waals surface area contributed by atoms with Gasteiger partial charge in [-0.15, -0.1) is 0 Å². The van der Waals surface area contributed by atoms with Gasteiger partial charge in [0.1, 0.15) is 22.6 Å². The Morgan fingerprint density at radius 2 is 2.05 bits per heavy atom. The van der Waals surface area contributed by atoms with E-state index in [0.29, 0.717) is 21.5 Å². The third kappa shape index (κ3) is 2.30. The fourth-order valence-corrected chi connectivity index (χ4v) is 2.20. The summed E-state index contributed by atoms with van der Waals surface area (Å²) in [5.41, 5.74) is 0.628. The van der Waals surface area contributed by atoms with Crippen molar-refractivity contribution in [3.05, 3.63) is 52.9 Å². The number of hydrogen-bond acceptors (Lipinski definition) is 4. The maximum absolute atomic E-state index is 12.4. The molecule has 21 heavy (non-hydrogen) atoms. The SMILES string of the molecule is N#Cc1cn[nH]c1NC(=O)c1cnc(Cl)c2ccccc12. The number of nitriles is 1. The first-order valence-electron chi connectivity index (χ1n) is 5.99. The summed E-state index contributed by atoms with van der Waals surface area (Å²) in [5, 5.41) is 19.5. The van der Waals surface area contributed by atoms with Crippen molar-refractivity contribution in [3.63, 3.8) is 0 Å². The molecule has 3 rings (SSSR count). The summed E-state index contributed by atoms with van der Waals surface area (Å²) in [6.45, 7) is 0. The van der Waals surface area contributed by atoms with Crippen molar-refractivity contribution in [2.75, 3.05) is 5.32 Å². The van der Waals surface area contributed by atoms with E-state index in [4.69, 9.17) is 16.9 Å². The Labute approximate surface area is 124 Å². The van der Waals surface area contributed by atoms with Gasteiger partial charge in [-0.2, -0.15) is 10.4 Å². The molecule has 0 spiro atoms. The number of carbonyl (C=O) groups excluding carboxylic acids is 1. The first-order valence-corrected chi connectivity index (χ1v) is 6.36. The highest BCUT2D eigenvalue weighted by Gasteiger charge is 2.15. The molecule has 0 radical (unpaired) electrons. The lowest BCUT2D eigenvalue weighted by Crippen LogP contribution is -2.14. The minimum absolute atomic E-state index is 0.251. The summed E-state index contributed by atoms with van der Waals surface area (Å²) in [6.07, 6.45) is 2.75. The predicted molar refractivity (Wildman–Crippen MR) is 78.0 cm³/mol. The average molecular weight is 298 g/mol. The second kappa shape index (κ2) is 5.23. The molecule has 0 unspecified atom stereocenters. The minimum Gasteiger partial charge on any atom is -0.306 e. The van der Waals surface area contributed by atoms with Crippen LogP contribution in [-0.4, -0.2) is 21.1 Å². The van der Waals surface area contributed by atoms with E-state index in [-0.39, 0.29) is 11.4 Å². The third-order valence-corrected chi connectivity index (χ3v) is 3.29. The second-order valence-corrected chi connectivity index (χ2v) is 4.59. The molecule has 6 nitrogen and oxygen atoms in total. The van der Waals surface area contributed by atoms with Crippen LogP contribution in [-0.2, 0) is 0 Å². The molecule has 0 aliphatic carbocycles.